The lowest BCUT2D eigenvalue weighted by molar-refractivity contribution is 0.111. The highest BCUT2D eigenvalue weighted by Crippen LogP contribution is 2.09. The smallest absolute Gasteiger partial charge is 0.171 e. The van der Waals surface area contributed by atoms with E-state index in [2.05, 4.69) is 10.3 Å². The van der Waals surface area contributed by atoms with Gasteiger partial charge in [0.05, 0.1) is 11.9 Å². The average molecular weight is 188 g/mol. The third-order valence-corrected chi connectivity index (χ3v) is 1.79. The van der Waals surface area contributed by atoms with E-state index in [0.29, 0.717) is 17.7 Å². The maximum absolute atomic E-state index is 10.4. The summed E-state index contributed by atoms with van der Waals surface area (Å²) in [5, 5.41) is 7.43. The highest BCUT2D eigenvalue weighted by Gasteiger charge is 2.00. The van der Waals surface area contributed by atoms with Crippen LogP contribution in [0.5, 0.6) is 0 Å². The molecule has 0 saturated heterocycles. The Balaban J connectivity index is 2.39. The number of nitrogen functional groups attached to an aromatic ring is 1. The zero-order valence-corrected chi connectivity index (χ0v) is 7.29. The Kier molecular flexibility index (Phi) is 1.98. The number of nitrogens with zero attached hydrogens (tertiary/aromatic N) is 3. The number of carbonyl (C=O) groups is 1. The van der Waals surface area contributed by atoms with Gasteiger partial charge in [-0.1, -0.05) is 5.21 Å². The van der Waals surface area contributed by atoms with Gasteiger partial charge in [-0.25, -0.2) is 4.68 Å². The molecule has 2 N–H and O–H groups in total. The lowest BCUT2D eigenvalue weighted by Crippen LogP contribution is -1.95. The lowest BCUT2D eigenvalue weighted by atomic mass is 10.3. The molecule has 0 aliphatic rings. The van der Waals surface area contributed by atoms with Gasteiger partial charge in [-0.3, -0.25) is 4.79 Å². The number of rotatable bonds is 2. The van der Waals surface area contributed by atoms with E-state index in [1.165, 1.54) is 4.68 Å². The summed E-state index contributed by atoms with van der Waals surface area (Å²) in [5.41, 5.74) is 7.35. The molecule has 0 fully saturated rings. The molecule has 0 atom stereocenters. The molecule has 2 rings (SSSR count). The number of anilines is 1. The second-order valence-electron chi connectivity index (χ2n) is 2.80. The number of benzene rings is 1. The Bertz CT molecular complexity index is 446. The highest BCUT2D eigenvalue weighted by atomic mass is 16.1. The van der Waals surface area contributed by atoms with Crippen molar-refractivity contribution < 1.29 is 4.79 Å². The zero-order valence-electron chi connectivity index (χ0n) is 7.29. The number of nitrogens with two attached hydrogens (primary N) is 1. The SMILES string of the molecule is Nc1ccc(-n2cc(C=O)nn2)cc1. The van der Waals surface area contributed by atoms with Crippen LogP contribution in [0.2, 0.25) is 0 Å². The molecule has 5 heteroatoms. The fourth-order valence-corrected chi connectivity index (χ4v) is 1.08. The van der Waals surface area contributed by atoms with E-state index >= 15 is 0 Å². The first-order valence-electron chi connectivity index (χ1n) is 4.03. The molecule has 1 aromatic carbocycles. The van der Waals surface area contributed by atoms with Crippen molar-refractivity contribution in [1.29, 1.82) is 0 Å². The molecule has 5 nitrogen and oxygen atoms in total. The molecular weight excluding hydrogens is 180 g/mol. The monoisotopic (exact) mass is 188 g/mol. The number of carbonyl (C=O) groups excluding carboxylic acids is 1. The van der Waals surface area contributed by atoms with Gasteiger partial charge in [-0.2, -0.15) is 0 Å². The minimum Gasteiger partial charge on any atom is -0.399 e. The number of aldehydes is 1. The maximum atomic E-state index is 10.4. The summed E-state index contributed by atoms with van der Waals surface area (Å²) in [6, 6.07) is 7.13. The molecule has 1 aromatic heterocycles. The van der Waals surface area contributed by atoms with Crippen LogP contribution in [0.25, 0.3) is 5.69 Å². The Hall–Kier alpha value is -2.17. The Morgan fingerprint density at radius 2 is 2.00 bits per heavy atom. The zero-order chi connectivity index (χ0) is 9.97. The van der Waals surface area contributed by atoms with Crippen molar-refractivity contribution >= 4 is 12.0 Å². The first-order valence-corrected chi connectivity index (χ1v) is 4.03. The first-order chi connectivity index (χ1) is 6.79. The van der Waals surface area contributed by atoms with Gasteiger partial charge in [0, 0.05) is 5.69 Å². The van der Waals surface area contributed by atoms with Gasteiger partial charge in [0.2, 0.25) is 0 Å². The van der Waals surface area contributed by atoms with E-state index in [-0.39, 0.29) is 0 Å². The van der Waals surface area contributed by atoms with Gasteiger partial charge in [0.15, 0.2) is 6.29 Å². The van der Waals surface area contributed by atoms with E-state index in [4.69, 9.17) is 5.73 Å². The molecule has 0 bridgehead atoms. The quantitative estimate of drug-likeness (QED) is 0.555. The van der Waals surface area contributed by atoms with Crippen LogP contribution in [0.1, 0.15) is 10.5 Å². The van der Waals surface area contributed by atoms with Gasteiger partial charge >= 0.3 is 0 Å². The summed E-state index contributed by atoms with van der Waals surface area (Å²) in [4.78, 5) is 10.4. The van der Waals surface area contributed by atoms with Crippen LogP contribution in [0.4, 0.5) is 5.69 Å². The molecule has 2 aromatic rings. The third kappa shape index (κ3) is 1.47. The molecule has 1 heterocycles. The summed E-state index contributed by atoms with van der Waals surface area (Å²) in [5.74, 6) is 0. The normalized spacial score (nSPS) is 10.0. The molecule has 0 aliphatic heterocycles. The standard InChI is InChI=1S/C9H8N4O/c10-7-1-3-9(4-2-7)13-5-8(6-14)11-12-13/h1-6H,10H2. The van der Waals surface area contributed by atoms with Gasteiger partial charge in [0.1, 0.15) is 5.69 Å². The van der Waals surface area contributed by atoms with Crippen LogP contribution in [0, 0.1) is 0 Å². The van der Waals surface area contributed by atoms with Crippen molar-refractivity contribution in [2.75, 3.05) is 5.73 Å². The van der Waals surface area contributed by atoms with Crippen molar-refractivity contribution in [2.24, 2.45) is 0 Å². The third-order valence-electron chi connectivity index (χ3n) is 1.79. The summed E-state index contributed by atoms with van der Waals surface area (Å²) in [6.45, 7) is 0. The molecule has 14 heavy (non-hydrogen) atoms. The van der Waals surface area contributed by atoms with E-state index in [1.807, 2.05) is 0 Å². The van der Waals surface area contributed by atoms with Crippen LogP contribution in [-0.2, 0) is 0 Å². The van der Waals surface area contributed by atoms with E-state index in [0.717, 1.165) is 5.69 Å². The molecule has 0 radical (unpaired) electrons. The molecular formula is C9H8N4O. The van der Waals surface area contributed by atoms with E-state index in [1.54, 1.807) is 30.5 Å². The van der Waals surface area contributed by atoms with E-state index < -0.39 is 0 Å². The van der Waals surface area contributed by atoms with Gasteiger partial charge in [0.25, 0.3) is 0 Å². The molecule has 0 saturated carbocycles. The Morgan fingerprint density at radius 1 is 1.29 bits per heavy atom. The van der Waals surface area contributed by atoms with Crippen molar-refractivity contribution in [2.45, 2.75) is 0 Å². The van der Waals surface area contributed by atoms with Crippen LogP contribution < -0.4 is 5.73 Å². The predicted molar refractivity (Wildman–Crippen MR) is 51.2 cm³/mol. The molecule has 0 spiro atoms. The average Bonchev–Trinajstić information content (AvgIpc) is 2.67. The highest BCUT2D eigenvalue weighted by molar-refractivity contribution is 5.70. The summed E-state index contributed by atoms with van der Waals surface area (Å²) in [6.07, 6.45) is 2.21. The Labute approximate surface area is 80.2 Å². The topological polar surface area (TPSA) is 73.8 Å². The predicted octanol–water partition coefficient (Wildman–Crippen LogP) is 0.662. The minimum atomic E-state index is 0.307. The molecule has 0 amide bonds. The number of aromatic nitrogens is 3. The second-order valence-corrected chi connectivity index (χ2v) is 2.80. The molecule has 70 valence electrons. The summed E-state index contributed by atoms with van der Waals surface area (Å²) in [7, 11) is 0. The Morgan fingerprint density at radius 3 is 2.57 bits per heavy atom. The minimum absolute atomic E-state index is 0.307. The fourth-order valence-electron chi connectivity index (χ4n) is 1.08. The molecule has 0 aliphatic carbocycles. The largest absolute Gasteiger partial charge is 0.399 e. The van der Waals surface area contributed by atoms with Crippen molar-refractivity contribution in [3.8, 4) is 5.69 Å². The molecule has 0 unspecified atom stereocenters. The van der Waals surface area contributed by atoms with Gasteiger partial charge in [-0.05, 0) is 24.3 Å². The fraction of sp³-hybridized carbons (Fsp3) is 0. The van der Waals surface area contributed by atoms with Crippen molar-refractivity contribution in [3.05, 3.63) is 36.2 Å². The van der Waals surface area contributed by atoms with Crippen LogP contribution in [0.15, 0.2) is 30.5 Å². The van der Waals surface area contributed by atoms with Gasteiger partial charge < -0.3 is 5.73 Å². The number of hydrogen-bond acceptors (Lipinski definition) is 4. The van der Waals surface area contributed by atoms with Gasteiger partial charge in [-0.15, -0.1) is 5.10 Å². The van der Waals surface area contributed by atoms with E-state index in [9.17, 15) is 4.79 Å². The van der Waals surface area contributed by atoms with Crippen LogP contribution >= 0.6 is 0 Å². The maximum Gasteiger partial charge on any atom is 0.171 e. The lowest BCUT2D eigenvalue weighted by Gasteiger charge is -1.98. The van der Waals surface area contributed by atoms with Crippen molar-refractivity contribution in [1.82, 2.24) is 15.0 Å². The van der Waals surface area contributed by atoms with Crippen molar-refractivity contribution in [3.63, 3.8) is 0 Å². The first kappa shape index (κ1) is 8.43. The van der Waals surface area contributed by atoms with Crippen LogP contribution in [0.3, 0.4) is 0 Å². The summed E-state index contributed by atoms with van der Waals surface area (Å²) < 4.78 is 1.52. The summed E-state index contributed by atoms with van der Waals surface area (Å²) >= 11 is 0. The van der Waals surface area contributed by atoms with Crippen LogP contribution in [-0.4, -0.2) is 21.3 Å². The number of hydrogen-bond donors (Lipinski definition) is 1. The second kappa shape index (κ2) is 3.29.